The van der Waals surface area contributed by atoms with Crippen molar-refractivity contribution in [3.8, 4) is 0 Å². The highest BCUT2D eigenvalue weighted by Gasteiger charge is 2.25. The van der Waals surface area contributed by atoms with Gasteiger partial charge >= 0.3 is 0 Å². The third-order valence-corrected chi connectivity index (χ3v) is 5.51. The maximum atomic E-state index is 12.5. The predicted octanol–water partition coefficient (Wildman–Crippen LogP) is 3.25. The smallest absolute Gasteiger partial charge is 0.263 e. The topological polar surface area (TPSA) is 49.3 Å². The minimum Gasteiger partial charge on any atom is -0.345 e. The zero-order valence-corrected chi connectivity index (χ0v) is 15.4. The van der Waals surface area contributed by atoms with Crippen molar-refractivity contribution in [2.45, 2.75) is 32.6 Å². The number of hydrogen-bond donors (Lipinski definition) is 0. The number of anilines is 1. The summed E-state index contributed by atoms with van der Waals surface area (Å²) in [5.74, 6) is 1.04. The van der Waals surface area contributed by atoms with E-state index in [1.54, 1.807) is 0 Å². The van der Waals surface area contributed by atoms with Crippen molar-refractivity contribution in [2.75, 3.05) is 31.1 Å². The molecule has 1 saturated heterocycles. The van der Waals surface area contributed by atoms with E-state index in [0.29, 0.717) is 0 Å². The van der Waals surface area contributed by atoms with Gasteiger partial charge in [0.05, 0.1) is 4.88 Å². The summed E-state index contributed by atoms with van der Waals surface area (Å²) in [6.07, 6.45) is 0.960. The zero-order valence-electron chi connectivity index (χ0n) is 13.8. The van der Waals surface area contributed by atoms with Gasteiger partial charge in [0, 0.05) is 43.1 Å². The highest BCUT2D eigenvalue weighted by molar-refractivity contribution is 7.12. The largest absolute Gasteiger partial charge is 0.345 e. The molecule has 7 heteroatoms. The highest BCUT2D eigenvalue weighted by atomic mass is 32.1. The standard InChI is InChI=1S/C16H22N4OS2/c1-16(2,3)14-17-15(23-18-14)20-8-5-7-19(9-10-20)13(21)12-6-4-11-22-12/h4,6,11H,5,7-10H2,1-3H3. The SMILES string of the molecule is CC(C)(C)c1nsc(N2CCCN(C(=O)c3cccs3)CC2)n1. The summed E-state index contributed by atoms with van der Waals surface area (Å²) in [4.78, 5) is 22.2. The number of aromatic nitrogens is 2. The summed E-state index contributed by atoms with van der Waals surface area (Å²) in [5.41, 5.74) is -0.0260. The van der Waals surface area contributed by atoms with Gasteiger partial charge in [0.2, 0.25) is 5.13 Å². The van der Waals surface area contributed by atoms with Crippen molar-refractivity contribution in [1.82, 2.24) is 14.3 Å². The van der Waals surface area contributed by atoms with Crippen LogP contribution in [-0.2, 0) is 5.41 Å². The first kappa shape index (κ1) is 16.4. The lowest BCUT2D eigenvalue weighted by atomic mass is 9.96. The molecular formula is C16H22N4OS2. The van der Waals surface area contributed by atoms with Crippen molar-refractivity contribution in [1.29, 1.82) is 0 Å². The van der Waals surface area contributed by atoms with Gasteiger partial charge in [-0.3, -0.25) is 4.79 Å². The molecular weight excluding hydrogens is 328 g/mol. The van der Waals surface area contributed by atoms with E-state index in [-0.39, 0.29) is 11.3 Å². The Morgan fingerprint density at radius 2 is 2.04 bits per heavy atom. The third-order valence-electron chi connectivity index (χ3n) is 3.87. The van der Waals surface area contributed by atoms with Crippen molar-refractivity contribution < 1.29 is 4.79 Å². The Morgan fingerprint density at radius 1 is 1.22 bits per heavy atom. The molecule has 23 heavy (non-hydrogen) atoms. The number of amides is 1. The lowest BCUT2D eigenvalue weighted by Crippen LogP contribution is -2.34. The van der Waals surface area contributed by atoms with Crippen LogP contribution in [-0.4, -0.2) is 46.3 Å². The van der Waals surface area contributed by atoms with Crippen molar-refractivity contribution >= 4 is 33.9 Å². The molecule has 1 amide bonds. The Bertz CT molecular complexity index is 660. The number of rotatable bonds is 2. The first-order chi connectivity index (χ1) is 10.9. The predicted molar refractivity (Wildman–Crippen MR) is 95.7 cm³/mol. The molecule has 124 valence electrons. The maximum absolute atomic E-state index is 12.5. The minimum absolute atomic E-state index is 0.0260. The number of carbonyl (C=O) groups excluding carboxylic acids is 1. The second kappa shape index (κ2) is 6.57. The van der Waals surface area contributed by atoms with Crippen LogP contribution in [0.5, 0.6) is 0 Å². The van der Waals surface area contributed by atoms with Crippen LogP contribution in [0.25, 0.3) is 0 Å². The molecule has 1 aliphatic rings. The van der Waals surface area contributed by atoms with Crippen LogP contribution in [0.3, 0.4) is 0 Å². The summed E-state index contributed by atoms with van der Waals surface area (Å²) in [6.45, 7) is 9.66. The van der Waals surface area contributed by atoms with Gasteiger partial charge in [-0.1, -0.05) is 26.8 Å². The van der Waals surface area contributed by atoms with Crippen LogP contribution >= 0.6 is 22.9 Å². The number of hydrogen-bond acceptors (Lipinski definition) is 6. The van der Waals surface area contributed by atoms with E-state index < -0.39 is 0 Å². The number of thiophene rings is 1. The fourth-order valence-electron chi connectivity index (χ4n) is 2.52. The van der Waals surface area contributed by atoms with Crippen LogP contribution in [0.4, 0.5) is 5.13 Å². The van der Waals surface area contributed by atoms with Crippen LogP contribution in [0.1, 0.15) is 42.7 Å². The van der Waals surface area contributed by atoms with Gasteiger partial charge < -0.3 is 9.80 Å². The fourth-order valence-corrected chi connectivity index (χ4v) is 4.12. The lowest BCUT2D eigenvalue weighted by molar-refractivity contribution is 0.0772. The summed E-state index contributed by atoms with van der Waals surface area (Å²) in [7, 11) is 0. The van der Waals surface area contributed by atoms with Gasteiger partial charge in [0.1, 0.15) is 5.82 Å². The summed E-state index contributed by atoms with van der Waals surface area (Å²) in [5, 5.41) is 2.92. The Balaban J connectivity index is 1.67. The first-order valence-corrected chi connectivity index (χ1v) is 9.52. The maximum Gasteiger partial charge on any atom is 0.263 e. The van der Waals surface area contributed by atoms with Gasteiger partial charge in [0.25, 0.3) is 5.91 Å². The molecule has 1 aliphatic heterocycles. The monoisotopic (exact) mass is 350 g/mol. The molecule has 0 bridgehead atoms. The molecule has 2 aromatic rings. The first-order valence-electron chi connectivity index (χ1n) is 7.87. The Labute approximate surface area is 145 Å². The molecule has 0 aromatic carbocycles. The van der Waals surface area contributed by atoms with Gasteiger partial charge in [-0.05, 0) is 17.9 Å². The van der Waals surface area contributed by atoms with Crippen molar-refractivity contribution in [3.63, 3.8) is 0 Å². The van der Waals surface area contributed by atoms with Crippen LogP contribution < -0.4 is 4.90 Å². The second-order valence-electron chi connectivity index (χ2n) is 6.76. The van der Waals surface area contributed by atoms with E-state index in [4.69, 9.17) is 4.98 Å². The molecule has 0 radical (unpaired) electrons. The Kier molecular flexibility index (Phi) is 4.68. The second-order valence-corrected chi connectivity index (χ2v) is 8.44. The van der Waals surface area contributed by atoms with Crippen LogP contribution in [0, 0.1) is 0 Å². The molecule has 1 fully saturated rings. The summed E-state index contributed by atoms with van der Waals surface area (Å²) >= 11 is 2.97. The molecule has 0 spiro atoms. The molecule has 3 heterocycles. The van der Waals surface area contributed by atoms with E-state index in [0.717, 1.165) is 48.4 Å². The van der Waals surface area contributed by atoms with Crippen molar-refractivity contribution in [3.05, 3.63) is 28.2 Å². The number of nitrogens with zero attached hydrogens (tertiary/aromatic N) is 4. The lowest BCUT2D eigenvalue weighted by Gasteiger charge is -2.21. The molecule has 0 atom stereocenters. The van der Waals surface area contributed by atoms with E-state index in [2.05, 4.69) is 30.0 Å². The molecule has 0 aliphatic carbocycles. The fraction of sp³-hybridized carbons (Fsp3) is 0.562. The molecule has 3 rings (SSSR count). The van der Waals surface area contributed by atoms with E-state index >= 15 is 0 Å². The van der Waals surface area contributed by atoms with Crippen molar-refractivity contribution in [2.24, 2.45) is 0 Å². The van der Waals surface area contributed by atoms with E-state index in [9.17, 15) is 4.79 Å². The summed E-state index contributed by atoms with van der Waals surface area (Å²) < 4.78 is 4.50. The van der Waals surface area contributed by atoms with Gasteiger partial charge in [-0.25, -0.2) is 4.98 Å². The van der Waals surface area contributed by atoms with Gasteiger partial charge in [-0.2, -0.15) is 4.37 Å². The summed E-state index contributed by atoms with van der Waals surface area (Å²) in [6, 6.07) is 3.83. The Hall–Kier alpha value is -1.47. The normalized spacial score (nSPS) is 16.5. The van der Waals surface area contributed by atoms with E-state index in [1.165, 1.54) is 22.9 Å². The van der Waals surface area contributed by atoms with E-state index in [1.807, 2.05) is 22.4 Å². The molecule has 0 unspecified atom stereocenters. The van der Waals surface area contributed by atoms with Crippen LogP contribution in [0.2, 0.25) is 0 Å². The number of carbonyl (C=O) groups is 1. The third kappa shape index (κ3) is 3.72. The average molecular weight is 351 g/mol. The highest BCUT2D eigenvalue weighted by Crippen LogP contribution is 2.26. The quantitative estimate of drug-likeness (QED) is 0.834. The molecule has 0 N–H and O–H groups in total. The zero-order chi connectivity index (χ0) is 16.4. The van der Waals surface area contributed by atoms with Gasteiger partial charge in [0.15, 0.2) is 0 Å². The Morgan fingerprint density at radius 3 is 2.70 bits per heavy atom. The molecule has 2 aromatic heterocycles. The molecule has 0 saturated carbocycles. The van der Waals surface area contributed by atoms with Gasteiger partial charge in [-0.15, -0.1) is 11.3 Å². The average Bonchev–Trinajstić information content (AvgIpc) is 3.14. The minimum atomic E-state index is -0.0260. The molecule has 5 nitrogen and oxygen atoms in total. The van der Waals surface area contributed by atoms with Crippen LogP contribution in [0.15, 0.2) is 17.5 Å².